The number of rotatable bonds is 7. The lowest BCUT2D eigenvalue weighted by Gasteiger charge is -2.26. The summed E-state index contributed by atoms with van der Waals surface area (Å²) >= 11 is 5.94. The molecule has 0 spiro atoms. The Labute approximate surface area is 204 Å². The fourth-order valence-electron chi connectivity index (χ4n) is 4.19. The molecule has 0 saturated heterocycles. The molecule has 1 amide bonds. The summed E-state index contributed by atoms with van der Waals surface area (Å²) in [7, 11) is 0. The minimum atomic E-state index is -4.70. The van der Waals surface area contributed by atoms with Crippen LogP contribution in [-0.2, 0) is 30.2 Å². The van der Waals surface area contributed by atoms with Gasteiger partial charge in [-0.05, 0) is 47.0 Å². The zero-order chi connectivity index (χ0) is 25.2. The average Bonchev–Trinajstić information content (AvgIpc) is 3.18. The Kier molecular flexibility index (Phi) is 6.76. The first kappa shape index (κ1) is 24.6. The number of hydrogen-bond donors (Lipinski definition) is 2. The number of carboxylic acid groups (broad SMARTS) is 1. The third-order valence-corrected chi connectivity index (χ3v) is 6.19. The van der Waals surface area contributed by atoms with Crippen molar-refractivity contribution in [3.8, 4) is 5.75 Å². The molecule has 0 radical (unpaired) electrons. The van der Waals surface area contributed by atoms with E-state index < -0.39 is 34.9 Å². The van der Waals surface area contributed by atoms with E-state index in [9.17, 15) is 27.9 Å². The molecular formula is C26H21ClF3NO4. The highest BCUT2D eigenvalue weighted by molar-refractivity contribution is 6.30. The maximum absolute atomic E-state index is 13.6. The average molecular weight is 504 g/mol. The van der Waals surface area contributed by atoms with Crippen LogP contribution < -0.4 is 10.1 Å². The van der Waals surface area contributed by atoms with Gasteiger partial charge < -0.3 is 15.2 Å². The number of hydrogen-bond acceptors (Lipinski definition) is 3. The van der Waals surface area contributed by atoms with Crippen LogP contribution in [0.2, 0.25) is 5.02 Å². The topological polar surface area (TPSA) is 75.6 Å². The molecule has 0 aliphatic heterocycles. The van der Waals surface area contributed by atoms with Crippen molar-refractivity contribution in [2.75, 3.05) is 6.61 Å². The minimum Gasteiger partial charge on any atom is -0.493 e. The SMILES string of the molecule is O=C(NC1(C(=O)O)Cc2ccccc2C1)c1ccc(C(F)(F)F)c(OCCc2cccc(Cl)c2)c1. The van der Waals surface area contributed by atoms with E-state index in [4.69, 9.17) is 16.3 Å². The molecule has 35 heavy (non-hydrogen) atoms. The first-order valence-electron chi connectivity index (χ1n) is 10.8. The van der Waals surface area contributed by atoms with Gasteiger partial charge in [0.25, 0.3) is 5.91 Å². The van der Waals surface area contributed by atoms with Gasteiger partial charge in [0.2, 0.25) is 0 Å². The van der Waals surface area contributed by atoms with E-state index in [1.165, 1.54) is 0 Å². The Morgan fingerprint density at radius 1 is 1.00 bits per heavy atom. The summed E-state index contributed by atoms with van der Waals surface area (Å²) in [6, 6.07) is 16.8. The standard InChI is InChI=1S/C26H21ClF3NO4/c27-20-7-3-4-16(12-20)10-11-35-22-13-17(8-9-21(22)26(28,29)30)23(32)31-25(24(33)34)14-18-5-1-2-6-19(18)15-25/h1-9,12-13H,10-11,14-15H2,(H,31,32)(H,33,34). The second-order valence-electron chi connectivity index (χ2n) is 8.40. The van der Waals surface area contributed by atoms with Gasteiger partial charge in [-0.15, -0.1) is 0 Å². The van der Waals surface area contributed by atoms with Crippen LogP contribution in [0.3, 0.4) is 0 Å². The van der Waals surface area contributed by atoms with Crippen LogP contribution in [0, 0.1) is 0 Å². The number of halogens is 4. The molecule has 2 N–H and O–H groups in total. The Morgan fingerprint density at radius 3 is 2.29 bits per heavy atom. The van der Waals surface area contributed by atoms with E-state index in [2.05, 4.69) is 5.32 Å². The normalized spacial score (nSPS) is 14.3. The summed E-state index contributed by atoms with van der Waals surface area (Å²) in [4.78, 5) is 25.1. The summed E-state index contributed by atoms with van der Waals surface area (Å²) in [5.41, 5.74) is -0.366. The van der Waals surface area contributed by atoms with E-state index in [-0.39, 0.29) is 25.0 Å². The molecule has 0 atom stereocenters. The van der Waals surface area contributed by atoms with Crippen molar-refractivity contribution in [1.29, 1.82) is 0 Å². The largest absolute Gasteiger partial charge is 0.493 e. The predicted molar refractivity (Wildman–Crippen MR) is 124 cm³/mol. The van der Waals surface area contributed by atoms with Crippen molar-refractivity contribution in [3.05, 3.63) is 99.6 Å². The first-order chi connectivity index (χ1) is 16.6. The van der Waals surface area contributed by atoms with E-state index in [1.807, 2.05) is 0 Å². The Balaban J connectivity index is 1.55. The van der Waals surface area contributed by atoms with Crippen LogP contribution in [0.1, 0.15) is 32.6 Å². The molecular weight excluding hydrogens is 483 g/mol. The molecule has 1 aliphatic rings. The van der Waals surface area contributed by atoms with Gasteiger partial charge in [0.15, 0.2) is 0 Å². The molecule has 4 rings (SSSR count). The van der Waals surface area contributed by atoms with Gasteiger partial charge in [-0.1, -0.05) is 48.0 Å². The second kappa shape index (κ2) is 9.62. The summed E-state index contributed by atoms with van der Waals surface area (Å²) in [5.74, 6) is -2.52. The van der Waals surface area contributed by atoms with Crippen molar-refractivity contribution in [1.82, 2.24) is 5.32 Å². The molecule has 0 heterocycles. The lowest BCUT2D eigenvalue weighted by Crippen LogP contribution is -2.55. The number of fused-ring (bicyclic) bond motifs is 1. The first-order valence-corrected chi connectivity index (χ1v) is 11.2. The van der Waals surface area contributed by atoms with E-state index >= 15 is 0 Å². The molecule has 3 aromatic carbocycles. The van der Waals surface area contributed by atoms with Crippen LogP contribution in [0.4, 0.5) is 13.2 Å². The molecule has 0 unspecified atom stereocenters. The van der Waals surface area contributed by atoms with Gasteiger partial charge in [0, 0.05) is 29.8 Å². The predicted octanol–water partition coefficient (Wildman–Crippen LogP) is 5.33. The van der Waals surface area contributed by atoms with Crippen molar-refractivity contribution in [3.63, 3.8) is 0 Å². The lowest BCUT2D eigenvalue weighted by molar-refractivity contribution is -0.144. The number of carboxylic acids is 1. The zero-order valence-electron chi connectivity index (χ0n) is 18.4. The number of ether oxygens (including phenoxy) is 1. The Hall–Kier alpha value is -3.52. The van der Waals surface area contributed by atoms with Crippen LogP contribution in [0.5, 0.6) is 5.75 Å². The Morgan fingerprint density at radius 2 is 1.69 bits per heavy atom. The van der Waals surface area contributed by atoms with E-state index in [1.54, 1.807) is 48.5 Å². The molecule has 1 aliphatic carbocycles. The number of nitrogens with one attached hydrogen (secondary N) is 1. The van der Waals surface area contributed by atoms with Crippen LogP contribution >= 0.6 is 11.6 Å². The number of carbonyl (C=O) groups is 2. The van der Waals surface area contributed by atoms with Gasteiger partial charge in [-0.2, -0.15) is 13.2 Å². The van der Waals surface area contributed by atoms with Crippen LogP contribution in [-0.4, -0.2) is 29.1 Å². The number of alkyl halides is 3. The zero-order valence-corrected chi connectivity index (χ0v) is 19.1. The van der Waals surface area contributed by atoms with Gasteiger partial charge in [0.05, 0.1) is 12.2 Å². The number of amides is 1. The fraction of sp³-hybridized carbons (Fsp3) is 0.231. The highest BCUT2D eigenvalue weighted by Gasteiger charge is 2.45. The third-order valence-electron chi connectivity index (χ3n) is 5.95. The van der Waals surface area contributed by atoms with Gasteiger partial charge in [-0.3, -0.25) is 4.79 Å². The van der Waals surface area contributed by atoms with Gasteiger partial charge in [-0.25, -0.2) is 4.79 Å². The molecule has 0 fully saturated rings. The fourth-order valence-corrected chi connectivity index (χ4v) is 4.40. The summed E-state index contributed by atoms with van der Waals surface area (Å²) < 4.78 is 46.1. The van der Waals surface area contributed by atoms with Crippen molar-refractivity contribution < 1.29 is 32.6 Å². The molecule has 182 valence electrons. The van der Waals surface area contributed by atoms with Crippen LogP contribution in [0.15, 0.2) is 66.7 Å². The maximum Gasteiger partial charge on any atom is 0.419 e. The third kappa shape index (κ3) is 5.43. The number of carbonyl (C=O) groups excluding carboxylic acids is 1. The van der Waals surface area contributed by atoms with Crippen LogP contribution in [0.25, 0.3) is 0 Å². The summed E-state index contributed by atoms with van der Waals surface area (Å²) in [6.07, 6.45) is -4.24. The quantitative estimate of drug-likeness (QED) is 0.457. The summed E-state index contributed by atoms with van der Waals surface area (Å²) in [6.45, 7) is -0.0805. The summed E-state index contributed by atoms with van der Waals surface area (Å²) in [5, 5.41) is 12.9. The van der Waals surface area contributed by atoms with E-state index in [0.29, 0.717) is 11.4 Å². The molecule has 9 heteroatoms. The molecule has 0 bridgehead atoms. The van der Waals surface area contributed by atoms with Gasteiger partial charge >= 0.3 is 12.1 Å². The second-order valence-corrected chi connectivity index (χ2v) is 8.84. The molecule has 3 aromatic rings. The highest BCUT2D eigenvalue weighted by atomic mass is 35.5. The Bertz CT molecular complexity index is 1250. The smallest absolute Gasteiger partial charge is 0.419 e. The minimum absolute atomic E-state index is 0.0773. The van der Waals surface area contributed by atoms with Gasteiger partial charge in [0.1, 0.15) is 11.3 Å². The van der Waals surface area contributed by atoms with Crippen molar-refractivity contribution in [2.45, 2.75) is 31.0 Å². The maximum atomic E-state index is 13.6. The van der Waals surface area contributed by atoms with Crippen molar-refractivity contribution >= 4 is 23.5 Å². The molecule has 0 saturated carbocycles. The molecule has 0 aromatic heterocycles. The number of benzene rings is 3. The van der Waals surface area contributed by atoms with Crippen molar-refractivity contribution in [2.24, 2.45) is 0 Å². The number of aliphatic carboxylic acids is 1. The van der Waals surface area contributed by atoms with E-state index in [0.717, 1.165) is 34.9 Å². The highest BCUT2D eigenvalue weighted by Crippen LogP contribution is 2.37. The monoisotopic (exact) mass is 503 g/mol. The molecule has 5 nitrogen and oxygen atoms in total. The lowest BCUT2D eigenvalue weighted by atomic mass is 9.95.